The highest BCUT2D eigenvalue weighted by Gasteiger charge is 2.30. The number of likely N-dealkylation sites (tertiary alicyclic amines) is 1. The molecule has 3 heterocycles. The lowest BCUT2D eigenvalue weighted by Gasteiger charge is -2.28. The quantitative estimate of drug-likeness (QED) is 0.933. The number of rotatable bonds is 3. The lowest BCUT2D eigenvalue weighted by Crippen LogP contribution is -2.35. The molecule has 126 valence electrons. The Kier molecular flexibility index (Phi) is 4.64. The third-order valence-electron chi connectivity index (χ3n) is 4.42. The molecule has 24 heavy (non-hydrogen) atoms. The Labute approximate surface area is 140 Å². The van der Waals surface area contributed by atoms with Gasteiger partial charge in [-0.2, -0.15) is 0 Å². The van der Waals surface area contributed by atoms with Crippen LogP contribution in [0.3, 0.4) is 0 Å². The third-order valence-corrected chi connectivity index (χ3v) is 4.42. The van der Waals surface area contributed by atoms with E-state index in [1.165, 1.54) is 12.1 Å². The predicted octanol–water partition coefficient (Wildman–Crippen LogP) is 3.44. The standard InChI is InChI=1S/C18H20N2O4/c1-12-13(18(22)23)8-9-14(19-12)17(21)20-10-4-2-3-6-15(20)16-7-5-11-24-16/h5,7-9,11,15H,2-4,6,10H2,1H3,(H,22,23). The number of nitrogens with zero attached hydrogens (tertiary/aromatic N) is 2. The molecule has 2 aromatic rings. The monoisotopic (exact) mass is 328 g/mol. The average molecular weight is 328 g/mol. The van der Waals surface area contributed by atoms with Crippen LogP contribution in [0, 0.1) is 6.92 Å². The Hall–Kier alpha value is -2.63. The van der Waals surface area contributed by atoms with Crippen LogP contribution in [-0.4, -0.2) is 33.4 Å². The van der Waals surface area contributed by atoms with Crippen molar-refractivity contribution in [1.29, 1.82) is 0 Å². The molecule has 0 radical (unpaired) electrons. The first-order valence-corrected chi connectivity index (χ1v) is 8.13. The highest BCUT2D eigenvalue weighted by atomic mass is 16.4. The topological polar surface area (TPSA) is 83.6 Å². The lowest BCUT2D eigenvalue weighted by atomic mass is 10.1. The molecule has 6 heteroatoms. The number of amides is 1. The number of carbonyl (C=O) groups is 2. The lowest BCUT2D eigenvalue weighted by molar-refractivity contribution is 0.0647. The van der Waals surface area contributed by atoms with Crippen molar-refractivity contribution in [3.63, 3.8) is 0 Å². The summed E-state index contributed by atoms with van der Waals surface area (Å²) in [6.07, 6.45) is 5.53. The maximum atomic E-state index is 13.0. The van der Waals surface area contributed by atoms with Gasteiger partial charge in [0.15, 0.2) is 0 Å². The molecule has 0 spiro atoms. The van der Waals surface area contributed by atoms with Crippen LogP contribution in [0.5, 0.6) is 0 Å². The van der Waals surface area contributed by atoms with Gasteiger partial charge in [-0.1, -0.05) is 12.8 Å². The predicted molar refractivity (Wildman–Crippen MR) is 86.9 cm³/mol. The molecule has 0 aromatic carbocycles. The second-order valence-electron chi connectivity index (χ2n) is 6.01. The molecule has 0 aliphatic carbocycles. The van der Waals surface area contributed by atoms with Crippen molar-refractivity contribution >= 4 is 11.9 Å². The number of pyridine rings is 1. The van der Waals surface area contributed by atoms with Crippen molar-refractivity contribution in [3.05, 3.63) is 53.2 Å². The first-order valence-electron chi connectivity index (χ1n) is 8.13. The number of carbonyl (C=O) groups excluding carboxylic acids is 1. The van der Waals surface area contributed by atoms with Crippen molar-refractivity contribution in [2.75, 3.05) is 6.54 Å². The van der Waals surface area contributed by atoms with E-state index in [1.54, 1.807) is 18.1 Å². The van der Waals surface area contributed by atoms with E-state index in [2.05, 4.69) is 4.98 Å². The first kappa shape index (κ1) is 16.2. The van der Waals surface area contributed by atoms with E-state index in [0.29, 0.717) is 12.2 Å². The van der Waals surface area contributed by atoms with Crippen LogP contribution in [0.25, 0.3) is 0 Å². The molecule has 2 aromatic heterocycles. The highest BCUT2D eigenvalue weighted by molar-refractivity contribution is 5.94. The molecule has 1 saturated heterocycles. The minimum atomic E-state index is -1.04. The van der Waals surface area contributed by atoms with Gasteiger partial charge < -0.3 is 14.4 Å². The summed E-state index contributed by atoms with van der Waals surface area (Å²) >= 11 is 0. The molecule has 0 saturated carbocycles. The highest BCUT2D eigenvalue weighted by Crippen LogP contribution is 2.31. The summed E-state index contributed by atoms with van der Waals surface area (Å²) in [5.41, 5.74) is 0.735. The van der Waals surface area contributed by atoms with Crippen molar-refractivity contribution in [1.82, 2.24) is 9.88 Å². The molecule has 1 fully saturated rings. The van der Waals surface area contributed by atoms with Gasteiger partial charge in [0.25, 0.3) is 5.91 Å². The summed E-state index contributed by atoms with van der Waals surface area (Å²) in [6.45, 7) is 2.25. The molecule has 1 aliphatic heterocycles. The minimum Gasteiger partial charge on any atom is -0.478 e. The fraction of sp³-hybridized carbons (Fsp3) is 0.389. The van der Waals surface area contributed by atoms with E-state index in [-0.39, 0.29) is 23.2 Å². The molecule has 3 rings (SSSR count). The van der Waals surface area contributed by atoms with Gasteiger partial charge in [0.05, 0.1) is 23.6 Å². The van der Waals surface area contributed by atoms with Crippen LogP contribution in [0.1, 0.15) is 64.0 Å². The van der Waals surface area contributed by atoms with Crippen LogP contribution < -0.4 is 0 Å². The molecule has 1 aliphatic rings. The van der Waals surface area contributed by atoms with Gasteiger partial charge in [-0.05, 0) is 44.0 Å². The van der Waals surface area contributed by atoms with Gasteiger partial charge in [0.1, 0.15) is 11.5 Å². The number of hydrogen-bond donors (Lipinski definition) is 1. The molecule has 6 nitrogen and oxygen atoms in total. The maximum absolute atomic E-state index is 13.0. The van der Waals surface area contributed by atoms with Crippen molar-refractivity contribution in [2.24, 2.45) is 0 Å². The van der Waals surface area contributed by atoms with Gasteiger partial charge in [-0.25, -0.2) is 9.78 Å². The second kappa shape index (κ2) is 6.86. The van der Waals surface area contributed by atoms with Crippen LogP contribution in [0.4, 0.5) is 0 Å². The van der Waals surface area contributed by atoms with E-state index in [1.807, 2.05) is 12.1 Å². The van der Waals surface area contributed by atoms with Crippen LogP contribution in [-0.2, 0) is 0 Å². The molecule has 1 atom stereocenters. The van der Waals surface area contributed by atoms with Crippen LogP contribution in [0.2, 0.25) is 0 Å². The van der Waals surface area contributed by atoms with E-state index in [9.17, 15) is 9.59 Å². The summed E-state index contributed by atoms with van der Waals surface area (Å²) in [7, 11) is 0. The second-order valence-corrected chi connectivity index (χ2v) is 6.01. The third kappa shape index (κ3) is 3.18. The Morgan fingerprint density at radius 3 is 2.75 bits per heavy atom. The van der Waals surface area contributed by atoms with Gasteiger partial charge in [0.2, 0.25) is 0 Å². The van der Waals surface area contributed by atoms with Crippen molar-refractivity contribution in [2.45, 2.75) is 38.6 Å². The van der Waals surface area contributed by atoms with Gasteiger partial charge in [0, 0.05) is 6.54 Å². The van der Waals surface area contributed by atoms with E-state index < -0.39 is 5.97 Å². The zero-order chi connectivity index (χ0) is 17.1. The fourth-order valence-corrected chi connectivity index (χ4v) is 3.18. The number of hydrogen-bond acceptors (Lipinski definition) is 4. The number of aryl methyl sites for hydroxylation is 1. The number of aromatic carboxylic acids is 1. The first-order chi connectivity index (χ1) is 11.6. The Morgan fingerprint density at radius 2 is 2.08 bits per heavy atom. The molecule has 1 unspecified atom stereocenters. The normalized spacial score (nSPS) is 18.2. The molecule has 0 bridgehead atoms. The number of carboxylic acids is 1. The Morgan fingerprint density at radius 1 is 1.25 bits per heavy atom. The molecule has 1 amide bonds. The van der Waals surface area contributed by atoms with Crippen molar-refractivity contribution < 1.29 is 19.1 Å². The van der Waals surface area contributed by atoms with Gasteiger partial charge >= 0.3 is 5.97 Å². The SMILES string of the molecule is Cc1nc(C(=O)N2CCCCCC2c2ccco2)ccc1C(=O)O. The molecular weight excluding hydrogens is 308 g/mol. The van der Waals surface area contributed by atoms with Gasteiger partial charge in [-0.15, -0.1) is 0 Å². The Balaban J connectivity index is 1.91. The van der Waals surface area contributed by atoms with E-state index >= 15 is 0 Å². The van der Waals surface area contributed by atoms with Crippen LogP contribution in [0.15, 0.2) is 34.9 Å². The average Bonchev–Trinajstić information content (AvgIpc) is 2.98. The van der Waals surface area contributed by atoms with E-state index in [0.717, 1.165) is 31.4 Å². The smallest absolute Gasteiger partial charge is 0.337 e. The number of aromatic nitrogens is 1. The fourth-order valence-electron chi connectivity index (χ4n) is 3.18. The van der Waals surface area contributed by atoms with Crippen LogP contribution >= 0.6 is 0 Å². The zero-order valence-electron chi connectivity index (χ0n) is 13.6. The summed E-state index contributed by atoms with van der Waals surface area (Å²) in [4.78, 5) is 30.1. The molecular formula is C18H20N2O4. The van der Waals surface area contributed by atoms with E-state index in [4.69, 9.17) is 9.52 Å². The Bertz CT molecular complexity index is 739. The van der Waals surface area contributed by atoms with Crippen molar-refractivity contribution in [3.8, 4) is 0 Å². The summed E-state index contributed by atoms with van der Waals surface area (Å²) in [6, 6.07) is 6.55. The number of carboxylic acid groups (broad SMARTS) is 1. The summed E-state index contributed by atoms with van der Waals surface area (Å²) < 4.78 is 5.53. The van der Waals surface area contributed by atoms with Gasteiger partial charge in [-0.3, -0.25) is 4.79 Å². The summed E-state index contributed by atoms with van der Waals surface area (Å²) in [5.74, 6) is -0.440. The number of furan rings is 1. The minimum absolute atomic E-state index is 0.101. The largest absolute Gasteiger partial charge is 0.478 e. The zero-order valence-corrected chi connectivity index (χ0v) is 13.6. The maximum Gasteiger partial charge on any atom is 0.337 e. The summed E-state index contributed by atoms with van der Waals surface area (Å²) in [5, 5.41) is 9.10. The molecule has 1 N–H and O–H groups in total.